The standard InChI is InChI=1S/C54H34N2O/c1-2-16-40(17-3-1)56-50-21-11-10-20-46(50)47-26-24-42(34-52(47)56)55(41-25-29-53-49(33-41)48-31-37-14-6-7-15-38(37)32-54(48)57-53)51-28-27-43(44-18-8-9-19-45(44)51)39-23-22-35-12-4-5-13-36(35)30-39/h1-34H. The molecule has 0 aliphatic carbocycles. The molecule has 2 aromatic heterocycles. The first-order valence-electron chi connectivity index (χ1n) is 19.5. The van der Waals surface area contributed by atoms with E-state index in [1.807, 2.05) is 0 Å². The second-order valence-corrected chi connectivity index (χ2v) is 14.9. The lowest BCUT2D eigenvalue weighted by Gasteiger charge is -2.28. The Balaban J connectivity index is 1.13. The summed E-state index contributed by atoms with van der Waals surface area (Å²) in [4.78, 5) is 2.43. The summed E-state index contributed by atoms with van der Waals surface area (Å²) in [6.07, 6.45) is 0. The number of anilines is 3. The van der Waals surface area contributed by atoms with Gasteiger partial charge in [-0.05, 0) is 111 Å². The predicted octanol–water partition coefficient (Wildman–Crippen LogP) is 15.3. The third kappa shape index (κ3) is 4.99. The van der Waals surface area contributed by atoms with E-state index in [1.165, 1.54) is 59.7 Å². The van der Waals surface area contributed by atoms with Crippen molar-refractivity contribution in [3.05, 3.63) is 206 Å². The third-order valence-corrected chi connectivity index (χ3v) is 11.7. The Bertz CT molecular complexity index is 3540. The van der Waals surface area contributed by atoms with Crippen LogP contribution in [-0.4, -0.2) is 4.57 Å². The number of hydrogen-bond acceptors (Lipinski definition) is 2. The molecule has 0 N–H and O–H groups in total. The summed E-state index contributed by atoms with van der Waals surface area (Å²) in [5, 5.41) is 11.9. The summed E-state index contributed by atoms with van der Waals surface area (Å²) in [7, 11) is 0. The summed E-state index contributed by atoms with van der Waals surface area (Å²) in [6.45, 7) is 0. The largest absolute Gasteiger partial charge is 0.456 e. The van der Waals surface area contributed by atoms with Gasteiger partial charge in [-0.15, -0.1) is 0 Å². The zero-order valence-corrected chi connectivity index (χ0v) is 30.9. The van der Waals surface area contributed by atoms with Crippen LogP contribution in [0.2, 0.25) is 0 Å². The fourth-order valence-electron chi connectivity index (χ4n) is 9.06. The first-order valence-corrected chi connectivity index (χ1v) is 19.5. The fourth-order valence-corrected chi connectivity index (χ4v) is 9.06. The number of para-hydroxylation sites is 2. The van der Waals surface area contributed by atoms with E-state index in [-0.39, 0.29) is 0 Å². The average Bonchev–Trinajstić information content (AvgIpc) is 3.80. The van der Waals surface area contributed by atoms with Crippen molar-refractivity contribution in [2.24, 2.45) is 0 Å². The highest BCUT2D eigenvalue weighted by Gasteiger charge is 2.21. The maximum absolute atomic E-state index is 6.51. The minimum absolute atomic E-state index is 0.875. The molecule has 0 bridgehead atoms. The van der Waals surface area contributed by atoms with E-state index >= 15 is 0 Å². The molecule has 0 atom stereocenters. The van der Waals surface area contributed by atoms with Gasteiger partial charge in [0.2, 0.25) is 0 Å². The zero-order chi connectivity index (χ0) is 37.5. The van der Waals surface area contributed by atoms with E-state index in [9.17, 15) is 0 Å². The van der Waals surface area contributed by atoms with Gasteiger partial charge in [0.25, 0.3) is 0 Å². The van der Waals surface area contributed by atoms with Crippen LogP contribution in [0.15, 0.2) is 211 Å². The topological polar surface area (TPSA) is 21.3 Å². The second kappa shape index (κ2) is 12.5. The molecule has 2 heterocycles. The number of fused-ring (bicyclic) bond motifs is 9. The molecule has 10 aromatic carbocycles. The Hall–Kier alpha value is -7.62. The molecule has 0 saturated heterocycles. The molecular formula is C54H34N2O. The molecule has 266 valence electrons. The molecule has 12 rings (SSSR count). The van der Waals surface area contributed by atoms with Crippen molar-refractivity contribution in [1.82, 2.24) is 4.57 Å². The maximum atomic E-state index is 6.51. The first kappa shape index (κ1) is 31.7. The van der Waals surface area contributed by atoms with Crippen LogP contribution in [0.1, 0.15) is 0 Å². The van der Waals surface area contributed by atoms with E-state index in [1.54, 1.807) is 0 Å². The summed E-state index contributed by atoms with van der Waals surface area (Å²) in [5.41, 5.74) is 10.9. The summed E-state index contributed by atoms with van der Waals surface area (Å²) in [6, 6.07) is 74.7. The second-order valence-electron chi connectivity index (χ2n) is 14.9. The molecular weight excluding hydrogens is 693 g/mol. The van der Waals surface area contributed by atoms with Crippen LogP contribution in [0.3, 0.4) is 0 Å². The van der Waals surface area contributed by atoms with Crippen LogP contribution >= 0.6 is 0 Å². The van der Waals surface area contributed by atoms with E-state index in [4.69, 9.17) is 4.42 Å². The SMILES string of the molecule is c1ccc(-n2c3ccccc3c3ccc(N(c4ccc5oc6cc7ccccc7cc6c5c4)c4ccc(-c5ccc6ccccc6c5)c5ccccc45)cc32)cc1. The Labute approximate surface area is 328 Å². The minimum Gasteiger partial charge on any atom is -0.456 e. The van der Waals surface area contributed by atoms with Gasteiger partial charge >= 0.3 is 0 Å². The van der Waals surface area contributed by atoms with Crippen molar-refractivity contribution in [2.45, 2.75) is 0 Å². The average molecular weight is 727 g/mol. The van der Waals surface area contributed by atoms with Crippen molar-refractivity contribution in [3.8, 4) is 16.8 Å². The van der Waals surface area contributed by atoms with E-state index < -0.39 is 0 Å². The van der Waals surface area contributed by atoms with Crippen molar-refractivity contribution in [1.29, 1.82) is 0 Å². The highest BCUT2D eigenvalue weighted by atomic mass is 16.3. The quantitative estimate of drug-likeness (QED) is 0.176. The monoisotopic (exact) mass is 726 g/mol. The fraction of sp³-hybridized carbons (Fsp3) is 0. The summed E-state index contributed by atoms with van der Waals surface area (Å²) >= 11 is 0. The number of rotatable bonds is 5. The van der Waals surface area contributed by atoms with Crippen LogP contribution in [-0.2, 0) is 0 Å². The maximum Gasteiger partial charge on any atom is 0.136 e. The van der Waals surface area contributed by atoms with Gasteiger partial charge < -0.3 is 13.9 Å². The van der Waals surface area contributed by atoms with Gasteiger partial charge in [-0.1, -0.05) is 133 Å². The van der Waals surface area contributed by atoms with E-state index in [2.05, 4.69) is 216 Å². The van der Waals surface area contributed by atoms with E-state index in [0.717, 1.165) is 50.2 Å². The molecule has 0 amide bonds. The van der Waals surface area contributed by atoms with E-state index in [0.29, 0.717) is 0 Å². The highest BCUT2D eigenvalue weighted by Crippen LogP contribution is 2.45. The van der Waals surface area contributed by atoms with Crippen molar-refractivity contribution in [2.75, 3.05) is 4.90 Å². The predicted molar refractivity (Wildman–Crippen MR) is 241 cm³/mol. The van der Waals surface area contributed by atoms with Crippen LogP contribution in [0.4, 0.5) is 17.1 Å². The van der Waals surface area contributed by atoms with Gasteiger partial charge in [0.05, 0.1) is 16.7 Å². The Kier molecular flexibility index (Phi) is 6.93. The Morgan fingerprint density at radius 1 is 0.351 bits per heavy atom. The van der Waals surface area contributed by atoms with Gasteiger partial charge in [-0.2, -0.15) is 0 Å². The Morgan fingerprint density at radius 3 is 1.82 bits per heavy atom. The van der Waals surface area contributed by atoms with Gasteiger partial charge in [-0.3, -0.25) is 0 Å². The normalized spacial score (nSPS) is 11.9. The van der Waals surface area contributed by atoms with Crippen molar-refractivity contribution >= 4 is 93.1 Å². The first-order chi connectivity index (χ1) is 28.2. The summed E-state index contributed by atoms with van der Waals surface area (Å²) in [5.74, 6) is 0. The number of furan rings is 1. The van der Waals surface area contributed by atoms with Crippen LogP contribution in [0, 0.1) is 0 Å². The number of aromatic nitrogens is 1. The lowest BCUT2D eigenvalue weighted by molar-refractivity contribution is 0.669. The molecule has 0 aliphatic rings. The summed E-state index contributed by atoms with van der Waals surface area (Å²) < 4.78 is 8.90. The van der Waals surface area contributed by atoms with Gasteiger partial charge in [0.15, 0.2) is 0 Å². The Morgan fingerprint density at radius 2 is 0.982 bits per heavy atom. The molecule has 12 aromatic rings. The van der Waals surface area contributed by atoms with Crippen LogP contribution in [0.25, 0.3) is 92.9 Å². The third-order valence-electron chi connectivity index (χ3n) is 11.7. The molecule has 0 unspecified atom stereocenters. The molecule has 57 heavy (non-hydrogen) atoms. The minimum atomic E-state index is 0.875. The van der Waals surface area contributed by atoms with Crippen molar-refractivity contribution in [3.63, 3.8) is 0 Å². The molecule has 3 nitrogen and oxygen atoms in total. The van der Waals surface area contributed by atoms with Crippen molar-refractivity contribution < 1.29 is 4.42 Å². The number of benzene rings is 10. The lowest BCUT2D eigenvalue weighted by atomic mass is 9.94. The number of nitrogens with zero attached hydrogens (tertiary/aromatic N) is 2. The molecule has 0 spiro atoms. The molecule has 0 fully saturated rings. The molecule has 0 radical (unpaired) electrons. The van der Waals surface area contributed by atoms with Gasteiger partial charge in [-0.25, -0.2) is 0 Å². The molecule has 0 aliphatic heterocycles. The lowest BCUT2D eigenvalue weighted by Crippen LogP contribution is -2.11. The van der Waals surface area contributed by atoms with Crippen LogP contribution in [0.5, 0.6) is 0 Å². The smallest absolute Gasteiger partial charge is 0.136 e. The van der Waals surface area contributed by atoms with Gasteiger partial charge in [0.1, 0.15) is 11.2 Å². The molecule has 3 heteroatoms. The highest BCUT2D eigenvalue weighted by molar-refractivity contribution is 6.14. The number of hydrogen-bond donors (Lipinski definition) is 0. The molecule has 0 saturated carbocycles. The van der Waals surface area contributed by atoms with Gasteiger partial charge in [0, 0.05) is 44.0 Å². The van der Waals surface area contributed by atoms with Crippen LogP contribution < -0.4 is 4.90 Å². The zero-order valence-electron chi connectivity index (χ0n) is 30.9.